The summed E-state index contributed by atoms with van der Waals surface area (Å²) in [5.74, 6) is -1.03. The molecule has 2 aromatic carbocycles. The Hall–Kier alpha value is -2.80. The molecule has 0 spiro atoms. The van der Waals surface area contributed by atoms with Gasteiger partial charge in [-0.05, 0) is 53.9 Å². The SMILES string of the molecule is O=C(Cc1cc(F)cc(F)c1)N1CC2C(CNC(=O)C(O)(c3ccccc3)C3CCCC3)[C@H]2C1. The summed E-state index contributed by atoms with van der Waals surface area (Å²) in [6.45, 7) is 1.66. The van der Waals surface area contributed by atoms with Crippen LogP contribution < -0.4 is 5.32 Å². The Kier molecular flexibility index (Phi) is 6.15. The number of likely N-dealkylation sites (tertiary alicyclic amines) is 1. The smallest absolute Gasteiger partial charge is 0.256 e. The third-order valence-electron chi connectivity index (χ3n) is 8.01. The lowest BCUT2D eigenvalue weighted by Gasteiger charge is -2.33. The highest BCUT2D eigenvalue weighted by Gasteiger charge is 2.56. The summed E-state index contributed by atoms with van der Waals surface area (Å²) < 4.78 is 26.8. The predicted octanol–water partition coefficient (Wildman–Crippen LogP) is 3.41. The van der Waals surface area contributed by atoms with Crippen LogP contribution >= 0.6 is 0 Å². The number of nitrogens with zero attached hydrogens (tertiary/aromatic N) is 1. The zero-order chi connectivity index (χ0) is 23.9. The van der Waals surface area contributed by atoms with Crippen LogP contribution in [-0.2, 0) is 21.6 Å². The van der Waals surface area contributed by atoms with Gasteiger partial charge in [0.05, 0.1) is 6.42 Å². The summed E-state index contributed by atoms with van der Waals surface area (Å²) in [5, 5.41) is 14.6. The molecule has 2 aliphatic carbocycles. The van der Waals surface area contributed by atoms with E-state index in [2.05, 4.69) is 5.32 Å². The summed E-state index contributed by atoms with van der Waals surface area (Å²) in [7, 11) is 0. The van der Waals surface area contributed by atoms with Gasteiger partial charge in [-0.15, -0.1) is 0 Å². The minimum Gasteiger partial charge on any atom is -0.375 e. The van der Waals surface area contributed by atoms with Gasteiger partial charge in [-0.3, -0.25) is 9.59 Å². The van der Waals surface area contributed by atoms with Crippen LogP contribution in [-0.4, -0.2) is 41.5 Å². The molecular formula is C27H30F2N2O3. The van der Waals surface area contributed by atoms with Crippen molar-refractivity contribution in [2.24, 2.45) is 23.7 Å². The normalized spacial score (nSPS) is 25.6. The maximum Gasteiger partial charge on any atom is 0.256 e. The van der Waals surface area contributed by atoms with E-state index in [-0.39, 0.29) is 30.1 Å². The van der Waals surface area contributed by atoms with Crippen molar-refractivity contribution in [3.05, 3.63) is 71.3 Å². The van der Waals surface area contributed by atoms with Crippen molar-refractivity contribution >= 4 is 11.8 Å². The monoisotopic (exact) mass is 468 g/mol. The molecule has 180 valence electrons. The molecule has 0 radical (unpaired) electrons. The van der Waals surface area contributed by atoms with E-state index in [9.17, 15) is 23.5 Å². The minimum absolute atomic E-state index is 0.0268. The topological polar surface area (TPSA) is 69.6 Å². The average Bonchev–Trinajstić information content (AvgIpc) is 3.22. The fraction of sp³-hybridized carbons (Fsp3) is 0.481. The molecule has 5 nitrogen and oxygen atoms in total. The van der Waals surface area contributed by atoms with Crippen molar-refractivity contribution in [1.29, 1.82) is 0 Å². The lowest BCUT2D eigenvalue weighted by atomic mass is 9.79. The Bertz CT molecular complexity index is 1040. The van der Waals surface area contributed by atoms with Crippen molar-refractivity contribution in [3.63, 3.8) is 0 Å². The van der Waals surface area contributed by atoms with Crippen LogP contribution in [0.15, 0.2) is 48.5 Å². The zero-order valence-corrected chi connectivity index (χ0v) is 19.1. The standard InChI is InChI=1S/C27H30F2N2O3/c28-20-10-17(11-21(29)13-20)12-25(32)31-15-23-22(24(23)16-31)14-30-26(33)27(34,19-8-4-5-9-19)18-6-2-1-3-7-18/h1-3,6-7,10-11,13,19,22-24,34H,4-5,8-9,12,14-16H2,(H,30,33)/t22?,23-,24?,27?/m1/s1. The van der Waals surface area contributed by atoms with Crippen molar-refractivity contribution in [3.8, 4) is 0 Å². The van der Waals surface area contributed by atoms with Gasteiger partial charge in [0.2, 0.25) is 5.91 Å². The van der Waals surface area contributed by atoms with Gasteiger partial charge in [0, 0.05) is 31.6 Å². The first kappa shape index (κ1) is 23.0. The number of rotatable bonds is 7. The lowest BCUT2D eigenvalue weighted by Crippen LogP contribution is -2.49. The lowest BCUT2D eigenvalue weighted by molar-refractivity contribution is -0.147. The molecule has 0 bridgehead atoms. The first-order valence-corrected chi connectivity index (χ1v) is 12.1. The number of nitrogens with one attached hydrogen (secondary N) is 1. The first-order chi connectivity index (χ1) is 16.4. The second-order valence-corrected chi connectivity index (χ2v) is 10.1. The molecule has 4 atom stereocenters. The molecule has 1 heterocycles. The fourth-order valence-corrected chi connectivity index (χ4v) is 6.09. The molecule has 5 rings (SSSR count). The van der Waals surface area contributed by atoms with Gasteiger partial charge in [0.25, 0.3) is 5.91 Å². The number of piperidine rings is 1. The van der Waals surface area contributed by atoms with Gasteiger partial charge in [0.1, 0.15) is 11.6 Å². The maximum absolute atomic E-state index is 13.4. The third kappa shape index (κ3) is 4.33. The molecule has 1 aliphatic heterocycles. The van der Waals surface area contributed by atoms with Crippen LogP contribution in [0.4, 0.5) is 8.78 Å². The van der Waals surface area contributed by atoms with Crippen LogP contribution in [0.3, 0.4) is 0 Å². The minimum atomic E-state index is -1.52. The van der Waals surface area contributed by atoms with E-state index in [1.54, 1.807) is 4.90 Å². The second kappa shape index (κ2) is 9.10. The average molecular weight is 469 g/mol. The molecular weight excluding hydrogens is 438 g/mol. The van der Waals surface area contributed by atoms with Gasteiger partial charge < -0.3 is 15.3 Å². The molecule has 3 unspecified atom stereocenters. The number of carbonyl (C=O) groups is 2. The van der Waals surface area contributed by atoms with Crippen molar-refractivity contribution in [1.82, 2.24) is 10.2 Å². The van der Waals surface area contributed by atoms with Gasteiger partial charge in [0.15, 0.2) is 5.60 Å². The summed E-state index contributed by atoms with van der Waals surface area (Å²) in [4.78, 5) is 27.6. The van der Waals surface area contributed by atoms with E-state index in [4.69, 9.17) is 0 Å². The van der Waals surface area contributed by atoms with Crippen LogP contribution in [0.25, 0.3) is 0 Å². The van der Waals surface area contributed by atoms with Crippen LogP contribution in [0, 0.1) is 35.3 Å². The Morgan fingerprint density at radius 1 is 1.00 bits per heavy atom. The first-order valence-electron chi connectivity index (χ1n) is 12.1. The number of halogens is 2. The molecule has 34 heavy (non-hydrogen) atoms. The van der Waals surface area contributed by atoms with Gasteiger partial charge in [-0.1, -0.05) is 43.2 Å². The molecule has 2 amide bonds. The van der Waals surface area contributed by atoms with Gasteiger partial charge in [-0.2, -0.15) is 0 Å². The molecule has 1 saturated heterocycles. The summed E-state index contributed by atoms with van der Waals surface area (Å²) in [6.07, 6.45) is 3.68. The van der Waals surface area contributed by atoms with E-state index in [1.807, 2.05) is 30.3 Å². The van der Waals surface area contributed by atoms with Crippen molar-refractivity contribution < 1.29 is 23.5 Å². The summed E-state index contributed by atoms with van der Waals surface area (Å²) in [6, 6.07) is 12.4. The summed E-state index contributed by atoms with van der Waals surface area (Å²) >= 11 is 0. The molecule has 3 aliphatic rings. The zero-order valence-electron chi connectivity index (χ0n) is 19.1. The molecule has 3 fully saturated rings. The third-order valence-corrected chi connectivity index (χ3v) is 8.01. The number of hydrogen-bond donors (Lipinski definition) is 2. The van der Waals surface area contributed by atoms with Crippen molar-refractivity contribution in [2.75, 3.05) is 19.6 Å². The van der Waals surface area contributed by atoms with E-state index >= 15 is 0 Å². The molecule has 0 aromatic heterocycles. The van der Waals surface area contributed by atoms with Crippen molar-refractivity contribution in [2.45, 2.75) is 37.7 Å². The number of benzene rings is 2. The Balaban J connectivity index is 1.15. The molecule has 2 N–H and O–H groups in total. The number of hydrogen-bond acceptors (Lipinski definition) is 3. The highest BCUT2D eigenvalue weighted by Crippen LogP contribution is 2.51. The molecule has 2 saturated carbocycles. The highest BCUT2D eigenvalue weighted by atomic mass is 19.1. The molecule has 2 aromatic rings. The fourth-order valence-electron chi connectivity index (χ4n) is 6.09. The Labute approximate surface area is 198 Å². The van der Waals surface area contributed by atoms with E-state index in [0.29, 0.717) is 42.6 Å². The van der Waals surface area contributed by atoms with Crippen LogP contribution in [0.1, 0.15) is 36.8 Å². The van der Waals surface area contributed by atoms with E-state index in [0.717, 1.165) is 31.7 Å². The maximum atomic E-state index is 13.4. The van der Waals surface area contributed by atoms with Crippen LogP contribution in [0.5, 0.6) is 0 Å². The number of carbonyl (C=O) groups excluding carboxylic acids is 2. The van der Waals surface area contributed by atoms with Gasteiger partial charge in [-0.25, -0.2) is 8.78 Å². The van der Waals surface area contributed by atoms with Crippen LogP contribution in [0.2, 0.25) is 0 Å². The van der Waals surface area contributed by atoms with E-state index < -0.39 is 17.2 Å². The number of aliphatic hydroxyl groups is 1. The Morgan fingerprint density at radius 2 is 1.62 bits per heavy atom. The summed E-state index contributed by atoms with van der Waals surface area (Å²) in [5.41, 5.74) is -0.552. The number of amides is 2. The highest BCUT2D eigenvalue weighted by molar-refractivity contribution is 5.87. The van der Waals surface area contributed by atoms with Gasteiger partial charge >= 0.3 is 0 Å². The Morgan fingerprint density at radius 3 is 2.24 bits per heavy atom. The quantitative estimate of drug-likeness (QED) is 0.655. The predicted molar refractivity (Wildman–Crippen MR) is 122 cm³/mol. The molecule has 7 heteroatoms. The number of fused-ring (bicyclic) bond motifs is 1. The largest absolute Gasteiger partial charge is 0.375 e. The van der Waals surface area contributed by atoms with E-state index in [1.165, 1.54) is 12.1 Å². The second-order valence-electron chi connectivity index (χ2n) is 10.1.